The van der Waals surface area contributed by atoms with Crippen molar-refractivity contribution in [3.63, 3.8) is 0 Å². The summed E-state index contributed by atoms with van der Waals surface area (Å²) >= 11 is 0. The number of likely N-dealkylation sites (tertiary alicyclic amines) is 2. The Kier molecular flexibility index (Phi) is 10.4. The van der Waals surface area contributed by atoms with Crippen LogP contribution >= 0.6 is 0 Å². The highest BCUT2D eigenvalue weighted by atomic mass is 16.5. The summed E-state index contributed by atoms with van der Waals surface area (Å²) in [4.78, 5) is 35.2. The molecule has 0 amide bonds. The van der Waals surface area contributed by atoms with Crippen molar-refractivity contribution < 1.29 is 14.3 Å². The lowest BCUT2D eigenvalue weighted by Gasteiger charge is -2.30. The summed E-state index contributed by atoms with van der Waals surface area (Å²) in [5.74, 6) is 0.906. The number of hydrogen-bond acceptors (Lipinski definition) is 8. The fraction of sp³-hybridized carbons (Fsp3) is 0.481. The summed E-state index contributed by atoms with van der Waals surface area (Å²) in [5.41, 5.74) is 8.70. The largest absolute Gasteiger partial charge is 0.466 e. The Balaban J connectivity index is 0.000000198. The summed E-state index contributed by atoms with van der Waals surface area (Å²) in [7, 11) is 3.53. The third kappa shape index (κ3) is 8.56. The van der Waals surface area contributed by atoms with Crippen LogP contribution in [0.4, 0.5) is 5.82 Å². The molecule has 8 nitrogen and oxygen atoms in total. The van der Waals surface area contributed by atoms with Crippen molar-refractivity contribution >= 4 is 23.6 Å². The molecule has 0 aliphatic carbocycles. The first-order valence-corrected chi connectivity index (χ1v) is 12.3. The van der Waals surface area contributed by atoms with E-state index in [2.05, 4.69) is 26.8 Å². The van der Waals surface area contributed by atoms with E-state index in [1.165, 1.54) is 12.7 Å². The number of aldehydes is 1. The lowest BCUT2D eigenvalue weighted by atomic mass is 9.87. The van der Waals surface area contributed by atoms with E-state index >= 15 is 0 Å². The van der Waals surface area contributed by atoms with Crippen molar-refractivity contribution in [2.24, 2.45) is 11.8 Å². The molecule has 0 aromatic carbocycles. The number of nitrogens with two attached hydrogens (primary N) is 1. The molecule has 188 valence electrons. The van der Waals surface area contributed by atoms with Gasteiger partial charge in [0.05, 0.1) is 12.8 Å². The molecule has 4 heterocycles. The van der Waals surface area contributed by atoms with Crippen LogP contribution in [0.2, 0.25) is 0 Å². The number of hydrogen-bond donors (Lipinski definition) is 1. The van der Waals surface area contributed by atoms with Gasteiger partial charge in [-0.15, -0.1) is 0 Å². The first kappa shape index (κ1) is 26.5. The Labute approximate surface area is 208 Å². The number of ether oxygens (including phenoxy) is 1. The van der Waals surface area contributed by atoms with Crippen LogP contribution in [0.15, 0.2) is 48.8 Å². The van der Waals surface area contributed by atoms with Crippen molar-refractivity contribution in [1.82, 2.24) is 19.8 Å². The molecule has 35 heavy (non-hydrogen) atoms. The Morgan fingerprint density at radius 2 is 1.83 bits per heavy atom. The maximum absolute atomic E-state index is 11.6. The summed E-state index contributed by atoms with van der Waals surface area (Å²) in [6.07, 6.45) is 10.2. The Hall–Kier alpha value is -3.10. The number of carbonyl (C=O) groups is 2. The van der Waals surface area contributed by atoms with Gasteiger partial charge < -0.3 is 20.2 Å². The number of piperidine rings is 2. The summed E-state index contributed by atoms with van der Waals surface area (Å²) < 4.78 is 4.76. The molecule has 0 atom stereocenters. The standard InChI is InChI=1S/C15H20N2O2.C12H17N3O/c1-17-9-6-12(7-10-17)13(11-15(18)19-2)14-5-3-4-8-16-14;13-12-7-11(1-4-14-12)8-15-5-2-10(9-16)3-6-15/h3-5,8,11-12H,6-7,9-10H2,1-2H3;1,4,7,9-10H,2-3,5-6,8H2,(H2,13,14)/b13-11-;. The third-order valence-corrected chi connectivity index (χ3v) is 6.67. The van der Waals surface area contributed by atoms with Crippen LogP contribution in [0.3, 0.4) is 0 Å². The number of esters is 1. The van der Waals surface area contributed by atoms with E-state index in [-0.39, 0.29) is 11.9 Å². The fourth-order valence-electron chi connectivity index (χ4n) is 4.54. The lowest BCUT2D eigenvalue weighted by molar-refractivity contribution is -0.134. The number of nitrogens with zero attached hydrogens (tertiary/aromatic N) is 4. The van der Waals surface area contributed by atoms with E-state index in [0.717, 1.165) is 76.0 Å². The minimum Gasteiger partial charge on any atom is -0.466 e. The average Bonchev–Trinajstić information content (AvgIpc) is 2.89. The molecule has 2 saturated heterocycles. The highest BCUT2D eigenvalue weighted by Gasteiger charge is 2.23. The van der Waals surface area contributed by atoms with Crippen LogP contribution < -0.4 is 5.73 Å². The zero-order valence-electron chi connectivity index (χ0n) is 20.8. The normalized spacial score (nSPS) is 18.4. The van der Waals surface area contributed by atoms with Gasteiger partial charge in [-0.2, -0.15) is 0 Å². The van der Waals surface area contributed by atoms with E-state index in [1.54, 1.807) is 18.5 Å². The van der Waals surface area contributed by atoms with Gasteiger partial charge in [0.15, 0.2) is 0 Å². The molecule has 0 saturated carbocycles. The first-order chi connectivity index (χ1) is 17.0. The molecule has 2 fully saturated rings. The lowest BCUT2D eigenvalue weighted by Crippen LogP contribution is -2.33. The van der Waals surface area contributed by atoms with E-state index in [0.29, 0.717) is 11.7 Å². The number of allylic oxidation sites excluding steroid dienone is 1. The number of nitrogen functional groups attached to an aromatic ring is 1. The molecule has 0 unspecified atom stereocenters. The second-order valence-corrected chi connectivity index (χ2v) is 9.25. The molecule has 2 N–H and O–H groups in total. The molecule has 2 aromatic heterocycles. The fourth-order valence-corrected chi connectivity index (χ4v) is 4.54. The molecule has 2 aromatic rings. The van der Waals surface area contributed by atoms with Crippen LogP contribution in [-0.4, -0.2) is 72.4 Å². The Bertz CT molecular complexity index is 966. The summed E-state index contributed by atoms with van der Waals surface area (Å²) in [5, 5.41) is 0. The third-order valence-electron chi connectivity index (χ3n) is 6.67. The van der Waals surface area contributed by atoms with Gasteiger partial charge in [-0.1, -0.05) is 6.07 Å². The zero-order valence-corrected chi connectivity index (χ0v) is 20.8. The van der Waals surface area contributed by atoms with E-state index in [1.807, 2.05) is 30.3 Å². The number of anilines is 1. The minimum absolute atomic E-state index is 0.263. The number of rotatable bonds is 6. The van der Waals surface area contributed by atoms with Gasteiger partial charge in [0.2, 0.25) is 0 Å². The van der Waals surface area contributed by atoms with Crippen LogP contribution in [-0.2, 0) is 20.9 Å². The predicted molar refractivity (Wildman–Crippen MR) is 137 cm³/mol. The van der Waals surface area contributed by atoms with Gasteiger partial charge in [0.1, 0.15) is 12.1 Å². The molecule has 0 spiro atoms. The van der Waals surface area contributed by atoms with E-state index in [4.69, 9.17) is 10.5 Å². The second-order valence-electron chi connectivity index (χ2n) is 9.25. The highest BCUT2D eigenvalue weighted by molar-refractivity contribution is 5.91. The van der Waals surface area contributed by atoms with Gasteiger partial charge in [-0.05, 0) is 100 Å². The van der Waals surface area contributed by atoms with E-state index < -0.39 is 0 Å². The van der Waals surface area contributed by atoms with Crippen LogP contribution in [0.1, 0.15) is 36.9 Å². The molecule has 2 aliphatic heterocycles. The van der Waals surface area contributed by atoms with E-state index in [9.17, 15) is 9.59 Å². The molecule has 0 bridgehead atoms. The van der Waals surface area contributed by atoms with Crippen molar-refractivity contribution in [3.8, 4) is 0 Å². The van der Waals surface area contributed by atoms with Crippen LogP contribution in [0.25, 0.3) is 5.57 Å². The first-order valence-electron chi connectivity index (χ1n) is 12.3. The smallest absolute Gasteiger partial charge is 0.330 e. The molecule has 0 radical (unpaired) electrons. The Morgan fingerprint density at radius 1 is 1.09 bits per heavy atom. The van der Waals surface area contributed by atoms with Gasteiger partial charge in [0, 0.05) is 30.9 Å². The SMILES string of the molecule is COC(=O)/C=C(\c1ccccn1)C1CCN(C)CC1.Nc1cc(CN2CCC(C=O)CC2)ccn1. The second kappa shape index (κ2) is 13.7. The number of pyridine rings is 2. The number of carbonyl (C=O) groups excluding carboxylic acids is 2. The van der Waals surface area contributed by atoms with Crippen molar-refractivity contribution in [2.45, 2.75) is 32.2 Å². The van der Waals surface area contributed by atoms with Crippen LogP contribution in [0, 0.1) is 11.8 Å². The topological polar surface area (TPSA) is 102 Å². The van der Waals surface area contributed by atoms with Crippen LogP contribution in [0.5, 0.6) is 0 Å². The number of aromatic nitrogens is 2. The van der Waals surface area contributed by atoms with Gasteiger partial charge in [-0.25, -0.2) is 9.78 Å². The summed E-state index contributed by atoms with van der Waals surface area (Å²) in [6, 6.07) is 9.68. The van der Waals surface area contributed by atoms with Crippen molar-refractivity contribution in [1.29, 1.82) is 0 Å². The van der Waals surface area contributed by atoms with Gasteiger partial charge in [0.25, 0.3) is 0 Å². The molecule has 4 rings (SSSR count). The molecular formula is C27H37N5O3. The monoisotopic (exact) mass is 479 g/mol. The maximum atomic E-state index is 11.6. The zero-order chi connectivity index (χ0) is 25.0. The number of methoxy groups -OCH3 is 1. The van der Waals surface area contributed by atoms with Gasteiger partial charge in [-0.3, -0.25) is 9.88 Å². The average molecular weight is 480 g/mol. The molecular weight excluding hydrogens is 442 g/mol. The molecule has 8 heteroatoms. The quantitative estimate of drug-likeness (QED) is 0.383. The summed E-state index contributed by atoms with van der Waals surface area (Å²) in [6.45, 7) is 4.99. The van der Waals surface area contributed by atoms with Gasteiger partial charge >= 0.3 is 5.97 Å². The minimum atomic E-state index is -0.306. The maximum Gasteiger partial charge on any atom is 0.330 e. The Morgan fingerprint density at radius 3 is 2.43 bits per heavy atom. The predicted octanol–water partition coefficient (Wildman–Crippen LogP) is 3.05. The van der Waals surface area contributed by atoms with Crippen molar-refractivity contribution in [3.05, 3.63) is 60.1 Å². The molecule has 2 aliphatic rings. The van der Waals surface area contributed by atoms with Crippen molar-refractivity contribution in [2.75, 3.05) is 46.1 Å². The highest BCUT2D eigenvalue weighted by Crippen LogP contribution is 2.30.